The highest BCUT2D eigenvalue weighted by Crippen LogP contribution is 2.30. The van der Waals surface area contributed by atoms with Crippen molar-refractivity contribution in [1.82, 2.24) is 4.72 Å². The highest BCUT2D eigenvalue weighted by Gasteiger charge is 2.39. The van der Waals surface area contributed by atoms with Gasteiger partial charge in [0.05, 0.1) is 19.1 Å². The first-order chi connectivity index (χ1) is 11.7. The van der Waals surface area contributed by atoms with Crippen LogP contribution >= 0.6 is 11.8 Å². The molecule has 0 bridgehead atoms. The Hall–Kier alpha value is -1.29. The number of hydrogen-bond acceptors (Lipinski definition) is 7. The second-order valence-electron chi connectivity index (χ2n) is 5.78. The lowest BCUT2D eigenvalue weighted by Crippen LogP contribution is -2.53. The molecule has 0 spiro atoms. The number of carbonyl (C=O) groups excluding carboxylic acids is 1. The molecule has 0 aliphatic carbocycles. The van der Waals surface area contributed by atoms with Crippen molar-refractivity contribution < 1.29 is 27.8 Å². The van der Waals surface area contributed by atoms with Gasteiger partial charge in [0.1, 0.15) is 11.8 Å². The zero-order chi connectivity index (χ0) is 19.1. The summed E-state index contributed by atoms with van der Waals surface area (Å²) in [6.45, 7) is 3.55. The molecule has 1 rings (SSSR count). The van der Waals surface area contributed by atoms with Gasteiger partial charge in [0.15, 0.2) is 0 Å². The van der Waals surface area contributed by atoms with E-state index in [0.717, 1.165) is 0 Å². The van der Waals surface area contributed by atoms with Gasteiger partial charge >= 0.3 is 5.97 Å². The van der Waals surface area contributed by atoms with Gasteiger partial charge < -0.3 is 14.6 Å². The maximum Gasteiger partial charge on any atom is 0.325 e. The lowest BCUT2D eigenvalue weighted by atomic mass is 10.0. The smallest absolute Gasteiger partial charge is 0.325 e. The largest absolute Gasteiger partial charge is 0.497 e. The maximum absolute atomic E-state index is 12.6. The van der Waals surface area contributed by atoms with Gasteiger partial charge in [-0.3, -0.25) is 4.79 Å². The fraction of sp³-hybridized carbons (Fsp3) is 0.562. The normalized spacial score (nSPS) is 13.3. The molecule has 0 radical (unpaired) electrons. The van der Waals surface area contributed by atoms with Crippen LogP contribution in [0.5, 0.6) is 5.75 Å². The van der Waals surface area contributed by atoms with Crippen LogP contribution in [-0.2, 0) is 19.6 Å². The van der Waals surface area contributed by atoms with E-state index < -0.39 is 26.8 Å². The molecule has 0 heterocycles. The van der Waals surface area contributed by atoms with Gasteiger partial charge in [-0.2, -0.15) is 16.5 Å². The standard InChI is InChI=1S/C16H25NO6S2/c1-16(2,24-11-5-10-18)14(15(19)23-4)17-25(20,21)13-8-6-12(22-3)7-9-13/h6-9,14,17-18H,5,10-11H2,1-4H3/t14-/m0/s1. The Kier molecular flexibility index (Phi) is 8.20. The summed E-state index contributed by atoms with van der Waals surface area (Å²) >= 11 is 1.39. The molecule has 0 saturated heterocycles. The number of carbonyl (C=O) groups is 1. The summed E-state index contributed by atoms with van der Waals surface area (Å²) < 4.78 is 36.7. The minimum atomic E-state index is -3.92. The SMILES string of the molecule is COC(=O)[C@H](NS(=O)(=O)c1ccc(OC)cc1)C(C)(C)SCCCO. The monoisotopic (exact) mass is 391 g/mol. The van der Waals surface area contributed by atoms with E-state index in [1.54, 1.807) is 13.8 Å². The fourth-order valence-electron chi connectivity index (χ4n) is 2.05. The van der Waals surface area contributed by atoms with Gasteiger partial charge in [0.25, 0.3) is 0 Å². The number of rotatable bonds is 10. The van der Waals surface area contributed by atoms with Crippen LogP contribution in [0.25, 0.3) is 0 Å². The van der Waals surface area contributed by atoms with Gasteiger partial charge in [-0.15, -0.1) is 0 Å². The molecule has 1 aromatic carbocycles. The van der Waals surface area contributed by atoms with Crippen LogP contribution in [0, 0.1) is 0 Å². The molecule has 0 aliphatic heterocycles. The van der Waals surface area contributed by atoms with Crippen molar-refractivity contribution in [3.05, 3.63) is 24.3 Å². The molecule has 25 heavy (non-hydrogen) atoms. The van der Waals surface area contributed by atoms with Crippen molar-refractivity contribution in [2.45, 2.75) is 36.0 Å². The van der Waals surface area contributed by atoms with E-state index in [0.29, 0.717) is 17.9 Å². The predicted octanol–water partition coefficient (Wildman–Crippen LogP) is 1.41. The summed E-state index contributed by atoms with van der Waals surface area (Å²) in [7, 11) is -1.22. The third kappa shape index (κ3) is 6.18. The molecule has 0 unspecified atom stereocenters. The summed E-state index contributed by atoms with van der Waals surface area (Å²) in [5, 5.41) is 8.91. The summed E-state index contributed by atoms with van der Waals surface area (Å²) in [4.78, 5) is 12.2. The Morgan fingerprint density at radius 3 is 2.36 bits per heavy atom. The van der Waals surface area contributed by atoms with Gasteiger partial charge in [0, 0.05) is 11.4 Å². The lowest BCUT2D eigenvalue weighted by Gasteiger charge is -2.32. The van der Waals surface area contributed by atoms with Crippen LogP contribution in [0.15, 0.2) is 29.2 Å². The van der Waals surface area contributed by atoms with E-state index in [1.807, 2.05) is 0 Å². The first kappa shape index (κ1) is 21.8. The van der Waals surface area contributed by atoms with E-state index in [1.165, 1.54) is 50.2 Å². The average molecular weight is 392 g/mol. The minimum Gasteiger partial charge on any atom is -0.497 e. The minimum absolute atomic E-state index is 0.0263. The highest BCUT2D eigenvalue weighted by molar-refractivity contribution is 8.00. The Balaban J connectivity index is 3.05. The molecule has 142 valence electrons. The maximum atomic E-state index is 12.6. The summed E-state index contributed by atoms with van der Waals surface area (Å²) in [5.74, 6) is 0.447. The number of hydrogen-bond donors (Lipinski definition) is 2. The van der Waals surface area contributed by atoms with Gasteiger partial charge in [-0.1, -0.05) is 0 Å². The Labute approximate surface area is 153 Å². The van der Waals surface area contributed by atoms with E-state index in [2.05, 4.69) is 4.72 Å². The summed E-state index contributed by atoms with van der Waals surface area (Å²) in [5.41, 5.74) is 0. The molecular formula is C16H25NO6S2. The van der Waals surface area contributed by atoms with Crippen molar-refractivity contribution in [2.24, 2.45) is 0 Å². The van der Waals surface area contributed by atoms with Crippen LogP contribution in [0.2, 0.25) is 0 Å². The van der Waals surface area contributed by atoms with Crippen LogP contribution < -0.4 is 9.46 Å². The number of benzene rings is 1. The predicted molar refractivity (Wildman–Crippen MR) is 97.4 cm³/mol. The van der Waals surface area contributed by atoms with Crippen molar-refractivity contribution >= 4 is 27.8 Å². The Morgan fingerprint density at radius 1 is 1.28 bits per heavy atom. The van der Waals surface area contributed by atoms with E-state index in [-0.39, 0.29) is 11.5 Å². The first-order valence-corrected chi connectivity index (χ1v) is 10.1. The zero-order valence-electron chi connectivity index (χ0n) is 14.8. The second-order valence-corrected chi connectivity index (χ2v) is 9.25. The van der Waals surface area contributed by atoms with E-state index in [9.17, 15) is 13.2 Å². The molecule has 7 nitrogen and oxygen atoms in total. The van der Waals surface area contributed by atoms with Crippen molar-refractivity contribution in [3.8, 4) is 5.75 Å². The molecule has 0 saturated carbocycles. The summed E-state index contributed by atoms with van der Waals surface area (Å²) in [6, 6.07) is 4.79. The van der Waals surface area contributed by atoms with Gasteiger partial charge in [0.2, 0.25) is 10.0 Å². The molecule has 0 fully saturated rings. The number of nitrogens with one attached hydrogen (secondary N) is 1. The van der Waals surface area contributed by atoms with Gasteiger partial charge in [-0.05, 0) is 50.3 Å². The number of methoxy groups -OCH3 is 2. The van der Waals surface area contributed by atoms with Crippen molar-refractivity contribution in [3.63, 3.8) is 0 Å². The average Bonchev–Trinajstić information content (AvgIpc) is 2.59. The number of esters is 1. The van der Waals surface area contributed by atoms with Crippen LogP contribution in [0.3, 0.4) is 0 Å². The molecule has 0 aliphatic rings. The van der Waals surface area contributed by atoms with Crippen molar-refractivity contribution in [1.29, 1.82) is 0 Å². The molecule has 0 aromatic heterocycles. The lowest BCUT2D eigenvalue weighted by molar-refractivity contribution is -0.143. The molecular weight excluding hydrogens is 366 g/mol. The third-order valence-electron chi connectivity index (χ3n) is 3.55. The fourth-order valence-corrected chi connectivity index (χ4v) is 4.58. The zero-order valence-corrected chi connectivity index (χ0v) is 16.4. The van der Waals surface area contributed by atoms with Crippen molar-refractivity contribution in [2.75, 3.05) is 26.6 Å². The van der Waals surface area contributed by atoms with E-state index in [4.69, 9.17) is 14.6 Å². The number of thioether (sulfide) groups is 1. The molecule has 1 aromatic rings. The molecule has 9 heteroatoms. The molecule has 0 amide bonds. The number of sulfonamides is 1. The first-order valence-electron chi connectivity index (χ1n) is 7.67. The Bertz CT molecular complexity index is 658. The number of aliphatic hydroxyl groups excluding tert-OH is 1. The number of aliphatic hydroxyl groups is 1. The Morgan fingerprint density at radius 2 is 1.88 bits per heavy atom. The molecule has 2 N–H and O–H groups in total. The summed E-state index contributed by atoms with van der Waals surface area (Å²) in [6.07, 6.45) is 0.549. The van der Waals surface area contributed by atoms with Crippen LogP contribution in [0.4, 0.5) is 0 Å². The topological polar surface area (TPSA) is 102 Å². The van der Waals surface area contributed by atoms with Crippen LogP contribution in [0.1, 0.15) is 20.3 Å². The highest BCUT2D eigenvalue weighted by atomic mass is 32.2. The quantitative estimate of drug-likeness (QED) is 0.459. The molecule has 1 atom stereocenters. The van der Waals surface area contributed by atoms with Gasteiger partial charge in [-0.25, -0.2) is 8.42 Å². The number of ether oxygens (including phenoxy) is 2. The second kappa shape index (κ2) is 9.42. The van der Waals surface area contributed by atoms with Crippen LogP contribution in [-0.4, -0.2) is 56.9 Å². The third-order valence-corrected chi connectivity index (χ3v) is 6.46. The van der Waals surface area contributed by atoms with E-state index >= 15 is 0 Å².